The molecule has 10 heteroatoms. The van der Waals surface area contributed by atoms with E-state index >= 15 is 0 Å². The maximum atomic E-state index is 12.5. The second-order valence-electron chi connectivity index (χ2n) is 6.79. The van der Waals surface area contributed by atoms with Crippen molar-refractivity contribution in [1.29, 1.82) is 0 Å². The Kier molecular flexibility index (Phi) is 5.71. The van der Waals surface area contributed by atoms with Gasteiger partial charge in [-0.1, -0.05) is 11.6 Å². The third-order valence-corrected chi connectivity index (χ3v) is 6.76. The Balaban J connectivity index is 1.63. The lowest BCUT2D eigenvalue weighted by Gasteiger charge is -2.20. The highest BCUT2D eigenvalue weighted by Gasteiger charge is 2.30. The predicted molar refractivity (Wildman–Crippen MR) is 100 cm³/mol. The first kappa shape index (κ1) is 19.6. The number of anilines is 1. The molecule has 27 heavy (non-hydrogen) atoms. The average molecular weight is 414 g/mol. The number of carbonyl (C=O) groups excluding carboxylic acids is 3. The van der Waals surface area contributed by atoms with Crippen LogP contribution >= 0.6 is 11.6 Å². The number of rotatable bonds is 4. The number of nitrogens with one attached hydrogen (secondary N) is 2. The van der Waals surface area contributed by atoms with Crippen LogP contribution in [-0.4, -0.2) is 44.2 Å². The third-order valence-electron chi connectivity index (χ3n) is 4.68. The fraction of sp³-hybridized carbons (Fsp3) is 0.471. The summed E-state index contributed by atoms with van der Waals surface area (Å²) in [6, 6.07) is 4.57. The SMILES string of the molecule is O=C(CC1CCS(=O)(=O)C1)NNC(=O)c1ccc(Cl)cc1N1CCCC1=O. The van der Waals surface area contributed by atoms with E-state index in [1.165, 1.54) is 17.0 Å². The zero-order valence-electron chi connectivity index (χ0n) is 14.5. The summed E-state index contributed by atoms with van der Waals surface area (Å²) in [5.74, 6) is -1.27. The Bertz CT molecular complexity index is 887. The monoisotopic (exact) mass is 413 g/mol. The fourth-order valence-corrected chi connectivity index (χ4v) is 5.39. The topological polar surface area (TPSA) is 113 Å². The number of hydrazine groups is 1. The first-order chi connectivity index (χ1) is 12.7. The van der Waals surface area contributed by atoms with Crippen molar-refractivity contribution < 1.29 is 22.8 Å². The van der Waals surface area contributed by atoms with Gasteiger partial charge in [0.2, 0.25) is 11.8 Å². The van der Waals surface area contributed by atoms with E-state index in [1.807, 2.05) is 0 Å². The van der Waals surface area contributed by atoms with Crippen LogP contribution in [0.4, 0.5) is 5.69 Å². The highest BCUT2D eigenvalue weighted by Crippen LogP contribution is 2.28. The first-order valence-electron chi connectivity index (χ1n) is 8.65. The second-order valence-corrected chi connectivity index (χ2v) is 9.45. The van der Waals surface area contributed by atoms with E-state index in [-0.39, 0.29) is 35.3 Å². The molecule has 0 aromatic heterocycles. The van der Waals surface area contributed by atoms with Crippen LogP contribution < -0.4 is 15.8 Å². The lowest BCUT2D eigenvalue weighted by Crippen LogP contribution is -2.43. The molecule has 2 heterocycles. The van der Waals surface area contributed by atoms with E-state index in [0.29, 0.717) is 36.5 Å². The summed E-state index contributed by atoms with van der Waals surface area (Å²) < 4.78 is 22.9. The van der Waals surface area contributed by atoms with Crippen LogP contribution in [0.1, 0.15) is 36.0 Å². The molecule has 2 saturated heterocycles. The van der Waals surface area contributed by atoms with Gasteiger partial charge in [-0.25, -0.2) is 8.42 Å². The van der Waals surface area contributed by atoms with Crippen LogP contribution in [-0.2, 0) is 19.4 Å². The van der Waals surface area contributed by atoms with E-state index in [1.54, 1.807) is 6.07 Å². The molecule has 0 aliphatic carbocycles. The van der Waals surface area contributed by atoms with E-state index < -0.39 is 21.7 Å². The van der Waals surface area contributed by atoms with Gasteiger partial charge in [0.1, 0.15) is 0 Å². The molecule has 1 aromatic rings. The molecular weight excluding hydrogens is 394 g/mol. The largest absolute Gasteiger partial charge is 0.312 e. The molecule has 1 aromatic carbocycles. The van der Waals surface area contributed by atoms with E-state index in [0.717, 1.165) is 0 Å². The molecule has 2 fully saturated rings. The molecule has 3 amide bonds. The quantitative estimate of drug-likeness (QED) is 0.716. The van der Waals surface area contributed by atoms with E-state index in [2.05, 4.69) is 10.9 Å². The number of sulfone groups is 1. The normalized spacial score (nSPS) is 21.3. The lowest BCUT2D eigenvalue weighted by molar-refractivity contribution is -0.122. The first-order valence-corrected chi connectivity index (χ1v) is 10.8. The van der Waals surface area contributed by atoms with Crippen LogP contribution in [0.15, 0.2) is 18.2 Å². The number of nitrogens with zero attached hydrogens (tertiary/aromatic N) is 1. The minimum Gasteiger partial charge on any atom is -0.312 e. The highest BCUT2D eigenvalue weighted by molar-refractivity contribution is 7.91. The standard InChI is InChI=1S/C17H20ClN3O5S/c18-12-3-4-13(14(9-12)21-6-1-2-16(21)23)17(24)20-19-15(22)8-11-5-7-27(25,26)10-11/h3-4,9,11H,1-2,5-8,10H2,(H,19,22)(H,20,24). The molecule has 0 spiro atoms. The van der Waals surface area contributed by atoms with Gasteiger partial charge in [0.25, 0.3) is 5.91 Å². The van der Waals surface area contributed by atoms with Crippen molar-refractivity contribution in [2.45, 2.75) is 25.7 Å². The lowest BCUT2D eigenvalue weighted by atomic mass is 10.1. The third kappa shape index (κ3) is 4.78. The zero-order valence-corrected chi connectivity index (χ0v) is 16.1. The smallest absolute Gasteiger partial charge is 0.271 e. The van der Waals surface area contributed by atoms with Gasteiger partial charge in [-0.05, 0) is 37.0 Å². The number of halogens is 1. The summed E-state index contributed by atoms with van der Waals surface area (Å²) in [6.45, 7) is 0.502. The number of benzene rings is 1. The van der Waals surface area contributed by atoms with Crippen LogP contribution in [0.2, 0.25) is 5.02 Å². The van der Waals surface area contributed by atoms with Crippen LogP contribution in [0.3, 0.4) is 0 Å². The summed E-state index contributed by atoms with van der Waals surface area (Å²) in [4.78, 5) is 38.0. The van der Waals surface area contributed by atoms with Gasteiger partial charge >= 0.3 is 0 Å². The van der Waals surface area contributed by atoms with Gasteiger partial charge in [0.05, 0.1) is 22.8 Å². The molecule has 2 N–H and O–H groups in total. The molecule has 2 aliphatic heterocycles. The van der Waals surface area contributed by atoms with E-state index in [4.69, 9.17) is 11.6 Å². The van der Waals surface area contributed by atoms with Gasteiger partial charge < -0.3 is 4.90 Å². The van der Waals surface area contributed by atoms with Crippen LogP contribution in [0.25, 0.3) is 0 Å². The Hall–Kier alpha value is -2.13. The Morgan fingerprint density at radius 3 is 2.67 bits per heavy atom. The van der Waals surface area contributed by atoms with Gasteiger partial charge in [-0.2, -0.15) is 0 Å². The number of amides is 3. The number of hydrogen-bond donors (Lipinski definition) is 2. The summed E-state index contributed by atoms with van der Waals surface area (Å²) in [5.41, 5.74) is 5.25. The minimum absolute atomic E-state index is 0.00717. The molecule has 0 saturated carbocycles. The summed E-state index contributed by atoms with van der Waals surface area (Å²) in [7, 11) is -3.06. The Morgan fingerprint density at radius 2 is 2.04 bits per heavy atom. The summed E-state index contributed by atoms with van der Waals surface area (Å²) in [5, 5.41) is 0.396. The highest BCUT2D eigenvalue weighted by atomic mass is 35.5. The molecule has 0 bridgehead atoms. The molecule has 146 valence electrons. The Labute approximate surface area is 162 Å². The number of hydrogen-bond acceptors (Lipinski definition) is 5. The van der Waals surface area contributed by atoms with Gasteiger partial charge in [-0.3, -0.25) is 25.2 Å². The zero-order chi connectivity index (χ0) is 19.6. The summed E-state index contributed by atoms with van der Waals surface area (Å²) >= 11 is 6.00. The molecular formula is C17H20ClN3O5S. The molecule has 8 nitrogen and oxygen atoms in total. The summed E-state index contributed by atoms with van der Waals surface area (Å²) in [6.07, 6.45) is 1.59. The fourth-order valence-electron chi connectivity index (χ4n) is 3.36. The van der Waals surface area contributed by atoms with Crippen molar-refractivity contribution in [1.82, 2.24) is 10.9 Å². The van der Waals surface area contributed by atoms with Gasteiger partial charge in [0, 0.05) is 24.4 Å². The molecule has 1 unspecified atom stereocenters. The molecule has 1 atom stereocenters. The minimum atomic E-state index is -3.06. The maximum absolute atomic E-state index is 12.5. The average Bonchev–Trinajstić information content (AvgIpc) is 3.17. The van der Waals surface area contributed by atoms with E-state index in [9.17, 15) is 22.8 Å². The van der Waals surface area contributed by atoms with Crippen LogP contribution in [0.5, 0.6) is 0 Å². The second kappa shape index (κ2) is 7.85. The maximum Gasteiger partial charge on any atom is 0.271 e. The van der Waals surface area contributed by atoms with Crippen molar-refractivity contribution >= 4 is 44.8 Å². The molecule has 0 radical (unpaired) electrons. The Morgan fingerprint density at radius 1 is 1.26 bits per heavy atom. The van der Waals surface area contributed by atoms with Crippen molar-refractivity contribution in [3.63, 3.8) is 0 Å². The molecule has 3 rings (SSSR count). The van der Waals surface area contributed by atoms with Gasteiger partial charge in [-0.15, -0.1) is 0 Å². The van der Waals surface area contributed by atoms with Crippen molar-refractivity contribution in [3.05, 3.63) is 28.8 Å². The van der Waals surface area contributed by atoms with Crippen molar-refractivity contribution in [2.75, 3.05) is 23.0 Å². The molecule has 2 aliphatic rings. The predicted octanol–water partition coefficient (Wildman–Crippen LogP) is 1.05. The van der Waals surface area contributed by atoms with Crippen LogP contribution in [0, 0.1) is 5.92 Å². The van der Waals surface area contributed by atoms with Gasteiger partial charge in [0.15, 0.2) is 9.84 Å². The number of carbonyl (C=O) groups is 3. The van der Waals surface area contributed by atoms with Crippen molar-refractivity contribution in [2.24, 2.45) is 5.92 Å². The van der Waals surface area contributed by atoms with Crippen molar-refractivity contribution in [3.8, 4) is 0 Å².